The summed E-state index contributed by atoms with van der Waals surface area (Å²) < 4.78 is 0. The maximum absolute atomic E-state index is 2.94. The lowest BCUT2D eigenvalue weighted by molar-refractivity contribution is 0.0143. The Kier molecular flexibility index (Phi) is 21.6. The normalized spacial score (nSPS) is 33.6. The molecule has 16 atom stereocenters. The lowest BCUT2D eigenvalue weighted by Crippen LogP contribution is -2.42. The molecule has 0 bridgehead atoms. The molecule has 0 heteroatoms. The summed E-state index contributed by atoms with van der Waals surface area (Å²) in [6.45, 7) is 0. The Morgan fingerprint density at radius 3 is 1.51 bits per heavy atom. The molecule has 0 N–H and O–H groups in total. The zero-order valence-corrected chi connectivity index (χ0v) is 79.8. The third-order valence-electron chi connectivity index (χ3n) is 42.4. The van der Waals surface area contributed by atoms with Crippen LogP contribution < -0.4 is 0 Å². The molecule has 2 spiro atoms. The maximum Gasteiger partial charge on any atom is 0.0725 e. The number of fused-ring (bicyclic) bond motifs is 24. The molecule has 0 heterocycles. The molecule has 0 radical (unpaired) electrons. The topological polar surface area (TPSA) is 0 Å². The van der Waals surface area contributed by atoms with Crippen molar-refractivity contribution in [3.63, 3.8) is 0 Å². The summed E-state index contributed by atoms with van der Waals surface area (Å²) in [5, 5.41) is 0. The van der Waals surface area contributed by atoms with Gasteiger partial charge in [0.2, 0.25) is 0 Å². The van der Waals surface area contributed by atoms with Gasteiger partial charge in [-0.2, -0.15) is 0 Å². The van der Waals surface area contributed by atoms with Crippen LogP contribution in [0.2, 0.25) is 0 Å². The standard InChI is InChI=1S/C134H142/c1-5-26-86(27-6-1)87-56-62-95(63-57-87)130(96-64-58-88(59-65-96)89-68-74-105(75-69-89)132(102-28-7-2-8-29-102,103-30-9-3-10-31-103)104-32-11-4-12-33-104)117-81-80-106(107-40-25-41-108(107)117)94-60-66-97(67-61-94)131-118-78-72-98(90-48-52-92(53-49-90)100-70-76-115-113-38-17-23-46-126(113)133(128(115)84-100)122-42-19-13-34-109(122)110-35-14-20-43-123(110)133)82-120(118)121-83-99(73-79-119(121)131)91-50-54-93(55-51-91)101-71-77-116-114-39-18-24-47-127(114)134(129(116)85-101)124-44-21-15-36-111(124)112-37-16-22-45-125(112)134/h1-3,5-10,13-15,17-21,23-24,26-32,34-39,42-44,46-49,52-53,56-57,62-63,70,72,76,78,82,84,88-89,91,93-94,96-97,99,101,105-108,116-121,125,129-131H,4,11-12,16,22,25,33,40-41,45,50-51,54-55,58-61,64-69,71,73-75,77,79-81,83,85H2. The number of allylic oxidation sites excluding steroid dienone is 8. The van der Waals surface area contributed by atoms with Crippen molar-refractivity contribution in [2.45, 2.75) is 246 Å². The molecule has 0 aliphatic heterocycles. The summed E-state index contributed by atoms with van der Waals surface area (Å²) in [7, 11) is 0. The molecular weight excluding hydrogens is 1610 g/mol. The molecule has 16 aliphatic rings. The predicted molar refractivity (Wildman–Crippen MR) is 556 cm³/mol. The van der Waals surface area contributed by atoms with Gasteiger partial charge in [-0.3, -0.25) is 0 Å². The molecule has 16 unspecified atom stereocenters. The van der Waals surface area contributed by atoms with E-state index < -0.39 is 0 Å². The van der Waals surface area contributed by atoms with Crippen LogP contribution in [0.3, 0.4) is 0 Å². The molecule has 0 aromatic heterocycles. The minimum absolute atomic E-state index is 0.0229. The molecule has 0 amide bonds. The summed E-state index contributed by atoms with van der Waals surface area (Å²) in [4.78, 5) is 0. The monoisotopic (exact) mass is 1750 g/mol. The highest BCUT2D eigenvalue weighted by Gasteiger charge is 2.64. The van der Waals surface area contributed by atoms with Crippen LogP contribution in [0.5, 0.6) is 0 Å². The molecule has 0 nitrogen and oxygen atoms in total. The number of hydrogen-bond acceptors (Lipinski definition) is 0. The Morgan fingerprint density at radius 2 is 0.828 bits per heavy atom. The van der Waals surface area contributed by atoms with E-state index >= 15 is 0 Å². The van der Waals surface area contributed by atoms with E-state index in [1.165, 1.54) is 296 Å². The van der Waals surface area contributed by atoms with E-state index in [-0.39, 0.29) is 16.2 Å². The van der Waals surface area contributed by atoms with Gasteiger partial charge in [-0.1, -0.05) is 315 Å². The van der Waals surface area contributed by atoms with Crippen molar-refractivity contribution in [3.05, 3.63) is 382 Å². The van der Waals surface area contributed by atoms with E-state index in [2.05, 4.69) is 309 Å². The van der Waals surface area contributed by atoms with Crippen molar-refractivity contribution in [2.24, 2.45) is 124 Å². The minimum Gasteiger partial charge on any atom is -0.0841 e. The lowest BCUT2D eigenvalue weighted by Gasteiger charge is -2.51. The van der Waals surface area contributed by atoms with Crippen LogP contribution >= 0.6 is 0 Å². The molecule has 11 aromatic carbocycles. The van der Waals surface area contributed by atoms with Gasteiger partial charge < -0.3 is 0 Å². The Labute approximate surface area is 802 Å². The van der Waals surface area contributed by atoms with E-state index in [4.69, 9.17) is 0 Å². The van der Waals surface area contributed by atoms with Gasteiger partial charge in [0.15, 0.2) is 0 Å². The SMILES string of the molecule is C1=CC2C(C=C1c1ccc(-c3ccc4c(c3)C3(c5ccccc5-c5ccccc53)c3ccccc3-4)cc1)C1CC(C3CCC(C4CCC5c6ccccc6C6(c7ccccc7C7=CCCCC76)C5C4)CC3)CCC1C2C1CCC(C2CCC(C(c3ccc(-c4ccccc4)cc3)C3CCC(C4CCC(C(C5=CCCCC5)(c5ccccc5)c5ccccc5)CC4)CC3)C3CCCC23)CC1. The lowest BCUT2D eigenvalue weighted by atomic mass is 9.54. The summed E-state index contributed by atoms with van der Waals surface area (Å²) in [5.41, 5.74) is 34.2. The highest BCUT2D eigenvalue weighted by molar-refractivity contribution is 5.96. The number of rotatable bonds is 15. The van der Waals surface area contributed by atoms with Gasteiger partial charge in [0.05, 0.1) is 5.41 Å². The van der Waals surface area contributed by atoms with Gasteiger partial charge in [-0.05, 0) is 476 Å². The summed E-state index contributed by atoms with van der Waals surface area (Å²) in [5.74, 6) is 18.5. The predicted octanol–water partition coefficient (Wildman–Crippen LogP) is 34.8. The number of benzene rings is 11. The zero-order valence-electron chi connectivity index (χ0n) is 79.8. The Bertz CT molecular complexity index is 6170. The van der Waals surface area contributed by atoms with Crippen molar-refractivity contribution in [3.8, 4) is 44.5 Å². The third kappa shape index (κ3) is 13.4. The molecule has 0 saturated heterocycles. The van der Waals surface area contributed by atoms with Gasteiger partial charge in [-0.15, -0.1) is 0 Å². The van der Waals surface area contributed by atoms with Crippen LogP contribution in [0.4, 0.5) is 0 Å². The van der Waals surface area contributed by atoms with Gasteiger partial charge in [0, 0.05) is 10.8 Å². The first-order valence-corrected chi connectivity index (χ1v) is 55.2. The Balaban J connectivity index is 0.445. The van der Waals surface area contributed by atoms with Crippen molar-refractivity contribution in [2.75, 3.05) is 0 Å². The highest BCUT2D eigenvalue weighted by Crippen LogP contribution is 2.73. The molecular formula is C134H142. The van der Waals surface area contributed by atoms with Crippen molar-refractivity contribution in [1.82, 2.24) is 0 Å². The molecule has 16 aliphatic carbocycles. The largest absolute Gasteiger partial charge is 0.0841 e. The number of hydrogen-bond donors (Lipinski definition) is 0. The van der Waals surface area contributed by atoms with Crippen LogP contribution in [-0.4, -0.2) is 0 Å². The van der Waals surface area contributed by atoms with Crippen LogP contribution in [0.1, 0.15) is 297 Å². The van der Waals surface area contributed by atoms with Crippen molar-refractivity contribution in [1.29, 1.82) is 0 Å². The minimum atomic E-state index is -0.344. The van der Waals surface area contributed by atoms with E-state index in [1.54, 1.807) is 50.1 Å². The van der Waals surface area contributed by atoms with Crippen LogP contribution in [-0.2, 0) is 16.2 Å². The van der Waals surface area contributed by atoms with E-state index in [0.717, 1.165) is 101 Å². The van der Waals surface area contributed by atoms with Gasteiger partial charge in [0.1, 0.15) is 0 Å². The second kappa shape index (κ2) is 34.5. The first-order chi connectivity index (χ1) is 66.4. The zero-order chi connectivity index (χ0) is 88.2. The Morgan fingerprint density at radius 1 is 0.313 bits per heavy atom. The van der Waals surface area contributed by atoms with Gasteiger partial charge in [-0.25, -0.2) is 0 Å². The highest BCUT2D eigenvalue weighted by atomic mass is 14.7. The second-order valence-corrected chi connectivity index (χ2v) is 47.1. The molecule has 134 heavy (non-hydrogen) atoms. The first kappa shape index (κ1) is 83.7. The molecule has 27 rings (SSSR count). The van der Waals surface area contributed by atoms with E-state index in [0.29, 0.717) is 35.5 Å². The van der Waals surface area contributed by atoms with Crippen molar-refractivity contribution >= 4 is 11.1 Å². The average molecular weight is 1750 g/mol. The van der Waals surface area contributed by atoms with E-state index in [1.807, 2.05) is 0 Å². The van der Waals surface area contributed by atoms with Gasteiger partial charge >= 0.3 is 0 Å². The molecule has 678 valence electrons. The first-order valence-electron chi connectivity index (χ1n) is 55.2. The quantitative estimate of drug-likeness (QED) is 0.0898. The summed E-state index contributed by atoms with van der Waals surface area (Å²) in [6, 6.07) is 111. The summed E-state index contributed by atoms with van der Waals surface area (Å²) >= 11 is 0. The van der Waals surface area contributed by atoms with Crippen LogP contribution in [0.15, 0.2) is 315 Å². The van der Waals surface area contributed by atoms with E-state index in [9.17, 15) is 0 Å². The van der Waals surface area contributed by atoms with Gasteiger partial charge in [0.25, 0.3) is 0 Å². The summed E-state index contributed by atoms with van der Waals surface area (Å²) in [6.07, 6.45) is 62.2. The maximum atomic E-state index is 2.94. The van der Waals surface area contributed by atoms with Crippen LogP contribution in [0, 0.1) is 124 Å². The Hall–Kier alpha value is -9.62. The smallest absolute Gasteiger partial charge is 0.0725 e. The molecule has 9 saturated carbocycles. The third-order valence-corrected chi connectivity index (χ3v) is 42.4. The molecule has 9 fully saturated rings. The fourth-order valence-electron chi connectivity index (χ4n) is 37.3. The second-order valence-electron chi connectivity index (χ2n) is 47.1. The molecule has 11 aromatic rings. The fourth-order valence-corrected chi connectivity index (χ4v) is 37.3. The average Bonchev–Trinajstić information content (AvgIpc) is 1.51. The fraction of sp³-hybridized carbons (Fsp3) is 0.448. The van der Waals surface area contributed by atoms with Crippen molar-refractivity contribution < 1.29 is 0 Å². The van der Waals surface area contributed by atoms with Crippen LogP contribution in [0.25, 0.3) is 55.7 Å².